The first kappa shape index (κ1) is 21.6. The first-order valence-corrected chi connectivity index (χ1v) is 9.54. The third-order valence-corrected chi connectivity index (χ3v) is 4.49. The molecule has 15 heteroatoms. The second kappa shape index (κ2) is 8.74. The number of pyridine rings is 1. The first-order valence-electron chi connectivity index (χ1n) is 8.31. The number of hydrogen-bond donors (Lipinski definition) is 1. The fraction of sp³-hybridized carbons (Fsp3) is 0.400. The van der Waals surface area contributed by atoms with Crippen molar-refractivity contribution in [1.29, 1.82) is 0 Å². The third-order valence-electron chi connectivity index (χ3n) is 3.77. The molecule has 0 spiro atoms. The third kappa shape index (κ3) is 4.91. The number of nitrogens with zero attached hydrogens (tertiary/aromatic N) is 8. The number of aromatic nitrogens is 8. The molecule has 11 nitrogen and oxygen atoms in total. The van der Waals surface area contributed by atoms with Gasteiger partial charge in [-0.25, -0.2) is 19.3 Å². The van der Waals surface area contributed by atoms with E-state index >= 15 is 0 Å². The predicted octanol–water partition coefficient (Wildman–Crippen LogP) is 1.44. The summed E-state index contributed by atoms with van der Waals surface area (Å²) < 4.78 is 47.4. The number of alkyl halides is 3. The summed E-state index contributed by atoms with van der Waals surface area (Å²) in [5.41, 5.74) is -1.44. The lowest BCUT2D eigenvalue weighted by Crippen LogP contribution is -2.20. The maximum atomic E-state index is 13.1. The Balaban J connectivity index is 1.80. The van der Waals surface area contributed by atoms with Crippen LogP contribution in [0.2, 0.25) is 0 Å². The molecule has 0 atom stereocenters. The minimum Gasteiger partial charge on any atom is -0.367 e. The summed E-state index contributed by atoms with van der Waals surface area (Å²) in [6.45, 7) is -0.433. The van der Waals surface area contributed by atoms with Crippen LogP contribution in [0.1, 0.15) is 27.6 Å². The average molecular weight is 443 g/mol. The van der Waals surface area contributed by atoms with Gasteiger partial charge >= 0.3 is 6.18 Å². The minimum atomic E-state index is -4.67. The van der Waals surface area contributed by atoms with Gasteiger partial charge in [0, 0.05) is 14.1 Å². The molecule has 0 saturated carbocycles. The fourth-order valence-corrected chi connectivity index (χ4v) is 2.88. The van der Waals surface area contributed by atoms with Crippen LogP contribution in [0.5, 0.6) is 0 Å². The van der Waals surface area contributed by atoms with Crippen molar-refractivity contribution < 1.29 is 22.7 Å². The van der Waals surface area contributed by atoms with Crippen molar-refractivity contribution in [3.8, 4) is 0 Å². The number of tetrazole rings is 1. The van der Waals surface area contributed by atoms with Gasteiger partial charge in [-0.05, 0) is 28.8 Å². The van der Waals surface area contributed by atoms with E-state index in [4.69, 9.17) is 4.74 Å². The van der Waals surface area contributed by atoms with E-state index in [1.54, 1.807) is 11.7 Å². The number of ether oxygens (including phenoxy) is 1. The molecule has 0 fully saturated rings. The van der Waals surface area contributed by atoms with Crippen molar-refractivity contribution >= 4 is 23.6 Å². The summed E-state index contributed by atoms with van der Waals surface area (Å²) in [7, 11) is 3.20. The second-order valence-electron chi connectivity index (χ2n) is 5.90. The minimum absolute atomic E-state index is 0.0223. The lowest BCUT2D eigenvalue weighted by Gasteiger charge is -2.12. The molecule has 0 radical (unpaired) electrons. The molecule has 1 N–H and O–H groups in total. The van der Waals surface area contributed by atoms with Gasteiger partial charge in [-0.15, -0.1) is 0 Å². The number of anilines is 1. The quantitative estimate of drug-likeness (QED) is 0.540. The lowest BCUT2D eigenvalue weighted by atomic mass is 10.1. The SMILES string of the molecule is CSc1nc(COCc2nc(C(F)(F)F)ccc2C(=O)Nc2nnnn2C)nn1C. The number of amides is 1. The molecule has 3 aromatic heterocycles. The van der Waals surface area contributed by atoms with Crippen molar-refractivity contribution in [1.82, 2.24) is 40.0 Å². The molecule has 0 aliphatic heterocycles. The zero-order chi connectivity index (χ0) is 21.9. The van der Waals surface area contributed by atoms with Crippen LogP contribution < -0.4 is 5.32 Å². The van der Waals surface area contributed by atoms with Gasteiger partial charge in [0.25, 0.3) is 5.91 Å². The largest absolute Gasteiger partial charge is 0.433 e. The highest BCUT2D eigenvalue weighted by Gasteiger charge is 2.33. The van der Waals surface area contributed by atoms with Crippen molar-refractivity contribution in [2.24, 2.45) is 14.1 Å². The smallest absolute Gasteiger partial charge is 0.367 e. The number of rotatable bonds is 7. The van der Waals surface area contributed by atoms with Gasteiger partial charge in [0.15, 0.2) is 11.0 Å². The molecular formula is C15H16F3N9O2S. The molecular weight excluding hydrogens is 427 g/mol. The van der Waals surface area contributed by atoms with Gasteiger partial charge in [-0.2, -0.15) is 18.3 Å². The molecule has 1 amide bonds. The maximum absolute atomic E-state index is 13.1. The van der Waals surface area contributed by atoms with Gasteiger partial charge in [0.05, 0.1) is 17.9 Å². The normalized spacial score (nSPS) is 11.7. The Kier molecular flexibility index (Phi) is 6.31. The highest BCUT2D eigenvalue weighted by atomic mass is 32.2. The Morgan fingerprint density at radius 1 is 1.20 bits per heavy atom. The van der Waals surface area contributed by atoms with E-state index < -0.39 is 17.8 Å². The van der Waals surface area contributed by atoms with Crippen LogP contribution >= 0.6 is 11.8 Å². The first-order chi connectivity index (χ1) is 14.2. The van der Waals surface area contributed by atoms with E-state index in [9.17, 15) is 18.0 Å². The standard InChI is InChI=1S/C15H16F3N9O2S/c1-26-13(22-24-25-26)21-12(28)8-4-5-10(15(16,17)18)19-9(8)6-29-7-11-20-14(30-3)27(2)23-11/h4-5H,6-7H2,1-3H3,(H,21,22,25,28). The van der Waals surface area contributed by atoms with Crippen molar-refractivity contribution in [2.75, 3.05) is 11.6 Å². The summed E-state index contributed by atoms with van der Waals surface area (Å²) in [5, 5.41) is 17.8. The number of thioether (sulfide) groups is 1. The fourth-order valence-electron chi connectivity index (χ4n) is 2.38. The van der Waals surface area contributed by atoms with Crippen molar-refractivity contribution in [2.45, 2.75) is 24.5 Å². The number of hydrogen-bond acceptors (Lipinski definition) is 9. The van der Waals surface area contributed by atoms with Crippen LogP contribution in [0.25, 0.3) is 0 Å². The average Bonchev–Trinajstić information content (AvgIpc) is 3.25. The molecule has 0 aliphatic carbocycles. The van der Waals surface area contributed by atoms with Crippen LogP contribution in [0, 0.1) is 0 Å². The Morgan fingerprint density at radius 2 is 1.97 bits per heavy atom. The molecule has 160 valence electrons. The highest BCUT2D eigenvalue weighted by molar-refractivity contribution is 7.98. The Bertz CT molecular complexity index is 1050. The summed E-state index contributed by atoms with van der Waals surface area (Å²) >= 11 is 1.39. The van der Waals surface area contributed by atoms with Gasteiger partial charge in [-0.3, -0.25) is 10.1 Å². The molecule has 3 heterocycles. The van der Waals surface area contributed by atoms with Crippen molar-refractivity contribution in [3.05, 3.63) is 34.9 Å². The molecule has 0 aromatic carbocycles. The van der Waals surface area contributed by atoms with Gasteiger partial charge < -0.3 is 4.74 Å². The zero-order valence-electron chi connectivity index (χ0n) is 16.0. The van der Waals surface area contributed by atoms with E-state index in [1.807, 2.05) is 6.26 Å². The molecule has 0 aliphatic rings. The molecule has 0 saturated heterocycles. The van der Waals surface area contributed by atoms with Gasteiger partial charge in [0.1, 0.15) is 12.3 Å². The summed E-state index contributed by atoms with van der Waals surface area (Å²) in [6.07, 6.45) is -2.84. The van der Waals surface area contributed by atoms with E-state index in [0.29, 0.717) is 11.0 Å². The Hall–Kier alpha value is -3.07. The van der Waals surface area contributed by atoms with Crippen LogP contribution in [-0.2, 0) is 38.2 Å². The number of halogens is 3. The van der Waals surface area contributed by atoms with Crippen LogP contribution in [-0.4, -0.2) is 52.1 Å². The number of carbonyl (C=O) groups excluding carboxylic acids is 1. The Morgan fingerprint density at radius 3 is 2.57 bits per heavy atom. The monoisotopic (exact) mass is 443 g/mol. The number of aryl methyl sites for hydroxylation is 2. The summed E-state index contributed by atoms with van der Waals surface area (Å²) in [4.78, 5) is 20.3. The lowest BCUT2D eigenvalue weighted by molar-refractivity contribution is -0.141. The van der Waals surface area contributed by atoms with Crippen LogP contribution in [0.3, 0.4) is 0 Å². The molecule has 3 rings (SSSR count). The maximum Gasteiger partial charge on any atom is 0.433 e. The van der Waals surface area contributed by atoms with Crippen LogP contribution in [0.4, 0.5) is 19.1 Å². The van der Waals surface area contributed by atoms with E-state index in [0.717, 1.165) is 12.1 Å². The van der Waals surface area contributed by atoms with Crippen LogP contribution in [0.15, 0.2) is 17.3 Å². The topological polar surface area (TPSA) is 126 Å². The molecule has 3 aromatic rings. The molecule has 0 unspecified atom stereocenters. The second-order valence-corrected chi connectivity index (χ2v) is 6.67. The highest BCUT2D eigenvalue weighted by Crippen LogP contribution is 2.28. The van der Waals surface area contributed by atoms with Crippen molar-refractivity contribution in [3.63, 3.8) is 0 Å². The van der Waals surface area contributed by atoms with E-state index in [2.05, 4.69) is 35.9 Å². The Labute approximate surface area is 172 Å². The zero-order valence-corrected chi connectivity index (χ0v) is 16.8. The predicted molar refractivity (Wildman–Crippen MR) is 97.3 cm³/mol. The molecule has 0 bridgehead atoms. The van der Waals surface area contributed by atoms with E-state index in [1.165, 1.54) is 23.5 Å². The summed E-state index contributed by atoms with van der Waals surface area (Å²) in [5.74, 6) is -0.354. The number of carbonyl (C=O) groups is 1. The number of nitrogens with one attached hydrogen (secondary N) is 1. The summed E-state index contributed by atoms with van der Waals surface area (Å²) in [6, 6.07) is 1.75. The van der Waals surface area contributed by atoms with Gasteiger partial charge in [0.2, 0.25) is 5.95 Å². The van der Waals surface area contributed by atoms with E-state index in [-0.39, 0.29) is 30.4 Å². The van der Waals surface area contributed by atoms with Gasteiger partial charge in [-0.1, -0.05) is 16.9 Å². The molecule has 30 heavy (non-hydrogen) atoms.